The molecule has 0 unspecified atom stereocenters. The molecule has 0 radical (unpaired) electrons. The summed E-state index contributed by atoms with van der Waals surface area (Å²) in [6.07, 6.45) is 3.36. The van der Waals surface area contributed by atoms with Crippen LogP contribution in [0.25, 0.3) is 6.08 Å². The third-order valence-electron chi connectivity index (χ3n) is 5.17. The van der Waals surface area contributed by atoms with Crippen molar-refractivity contribution in [2.45, 2.75) is 33.6 Å². The van der Waals surface area contributed by atoms with Gasteiger partial charge in [-0.15, -0.1) is 0 Å². The van der Waals surface area contributed by atoms with E-state index in [-0.39, 0.29) is 11.4 Å². The fraction of sp³-hybridized carbons (Fsp3) is 0.308. The number of aliphatic imine (C=N–C) groups is 1. The normalized spacial score (nSPS) is 16.2. The highest BCUT2D eigenvalue weighted by Gasteiger charge is 2.35. The van der Waals surface area contributed by atoms with E-state index in [4.69, 9.17) is 19.6 Å². The summed E-state index contributed by atoms with van der Waals surface area (Å²) in [5.41, 5.74) is 2.06. The molecule has 0 aliphatic carbocycles. The van der Waals surface area contributed by atoms with Gasteiger partial charge in [-0.2, -0.15) is 15.1 Å². The fourth-order valence-corrected chi connectivity index (χ4v) is 4.45. The monoisotopic (exact) mass is 492 g/mol. The van der Waals surface area contributed by atoms with E-state index >= 15 is 0 Å². The predicted octanol–water partition coefficient (Wildman–Crippen LogP) is 5.27. The van der Waals surface area contributed by atoms with Crippen LogP contribution < -0.4 is 14.2 Å². The summed E-state index contributed by atoms with van der Waals surface area (Å²) < 4.78 is 17.4. The van der Waals surface area contributed by atoms with Crippen molar-refractivity contribution >= 4 is 39.8 Å². The molecule has 1 amide bonds. The van der Waals surface area contributed by atoms with Crippen molar-refractivity contribution in [1.82, 2.24) is 5.01 Å². The summed E-state index contributed by atoms with van der Waals surface area (Å²) in [6, 6.07) is 13.2. The number of hydrogen-bond donors (Lipinski definition) is 1. The van der Waals surface area contributed by atoms with Crippen LogP contribution in [0.15, 0.2) is 58.1 Å². The van der Waals surface area contributed by atoms with E-state index in [9.17, 15) is 4.79 Å². The molecule has 0 saturated carbocycles. The summed E-state index contributed by atoms with van der Waals surface area (Å²) in [5.74, 6) is 1.49. The lowest BCUT2D eigenvalue weighted by atomic mass is 10.1. The van der Waals surface area contributed by atoms with Gasteiger partial charge in [0, 0.05) is 0 Å². The molecule has 2 aromatic carbocycles. The minimum atomic E-state index is -0.451. The van der Waals surface area contributed by atoms with Gasteiger partial charge in [0.05, 0.1) is 12.2 Å². The smallest absolute Gasteiger partial charge is 0.283 e. The molecule has 0 bridgehead atoms. The van der Waals surface area contributed by atoms with E-state index in [2.05, 4.69) is 17.0 Å². The molecule has 0 aromatic heterocycles. The first-order valence-corrected chi connectivity index (χ1v) is 12.4. The Balaban J connectivity index is 1.45. The van der Waals surface area contributed by atoms with Crippen LogP contribution in [-0.2, 0) is 4.79 Å². The van der Waals surface area contributed by atoms with Gasteiger partial charge in [-0.05, 0) is 74.4 Å². The van der Waals surface area contributed by atoms with Crippen LogP contribution in [0.5, 0.6) is 17.2 Å². The number of thioether (sulfide) groups is 1. The highest BCUT2D eigenvalue weighted by molar-refractivity contribution is 8.26. The summed E-state index contributed by atoms with van der Waals surface area (Å²) in [5, 5.41) is 15.7. The molecule has 4 rings (SSSR count). The van der Waals surface area contributed by atoms with Gasteiger partial charge < -0.3 is 14.2 Å². The van der Waals surface area contributed by atoms with Gasteiger partial charge in [-0.3, -0.25) is 10.2 Å². The zero-order valence-electron chi connectivity index (χ0n) is 20.0. The molecule has 0 atom stereocenters. The van der Waals surface area contributed by atoms with Crippen LogP contribution in [0.2, 0.25) is 0 Å². The maximum atomic E-state index is 12.6. The second-order valence-corrected chi connectivity index (χ2v) is 8.95. The van der Waals surface area contributed by atoms with Crippen LogP contribution in [0.1, 0.15) is 37.8 Å². The Labute approximate surface area is 209 Å². The largest absolute Gasteiger partial charge is 0.490 e. The highest BCUT2D eigenvalue weighted by atomic mass is 32.2. The third-order valence-corrected chi connectivity index (χ3v) is 6.14. The third kappa shape index (κ3) is 5.92. The number of aryl methyl sites for hydroxylation is 1. The van der Waals surface area contributed by atoms with Crippen LogP contribution in [-0.4, -0.2) is 46.8 Å². The molecule has 0 fully saturated rings. The Morgan fingerprint density at radius 1 is 1.03 bits per heavy atom. The number of carbonyl (C=O) groups is 1. The number of hydrazone groups is 1. The summed E-state index contributed by atoms with van der Waals surface area (Å²) in [6.45, 7) is 7.18. The van der Waals surface area contributed by atoms with Gasteiger partial charge in [0.25, 0.3) is 5.91 Å². The number of amidine groups is 2. The van der Waals surface area contributed by atoms with E-state index in [1.165, 1.54) is 22.3 Å². The van der Waals surface area contributed by atoms with Crippen molar-refractivity contribution in [2.75, 3.05) is 19.8 Å². The van der Waals surface area contributed by atoms with Gasteiger partial charge in [-0.1, -0.05) is 30.7 Å². The number of fused-ring (bicyclic) bond motifs is 1. The first kappa shape index (κ1) is 24.5. The lowest BCUT2D eigenvalue weighted by Crippen LogP contribution is -2.35. The van der Waals surface area contributed by atoms with Crippen LogP contribution in [0.4, 0.5) is 0 Å². The Hall–Kier alpha value is -3.59. The van der Waals surface area contributed by atoms with Gasteiger partial charge >= 0.3 is 0 Å². The van der Waals surface area contributed by atoms with E-state index < -0.39 is 5.91 Å². The first-order valence-electron chi connectivity index (χ1n) is 11.6. The van der Waals surface area contributed by atoms with E-state index in [1.807, 2.05) is 44.2 Å². The first-order chi connectivity index (χ1) is 17.0. The van der Waals surface area contributed by atoms with Crippen molar-refractivity contribution in [3.8, 4) is 17.2 Å². The Kier molecular flexibility index (Phi) is 7.87. The van der Waals surface area contributed by atoms with E-state index in [1.54, 1.807) is 18.2 Å². The van der Waals surface area contributed by atoms with Crippen LogP contribution >= 0.6 is 11.8 Å². The molecule has 0 spiro atoms. The number of amides is 1. The molecule has 2 heterocycles. The lowest BCUT2D eigenvalue weighted by Gasteiger charge is -2.20. The minimum absolute atomic E-state index is 0.0187. The number of ether oxygens (including phenoxy) is 3. The molecule has 2 aromatic rings. The van der Waals surface area contributed by atoms with Crippen molar-refractivity contribution in [3.63, 3.8) is 0 Å². The molecule has 182 valence electrons. The summed E-state index contributed by atoms with van der Waals surface area (Å²) in [7, 11) is 0. The quantitative estimate of drug-likeness (QED) is 0.358. The number of benzene rings is 2. The number of carbonyl (C=O) groups excluding carboxylic acids is 1. The molecule has 35 heavy (non-hydrogen) atoms. The maximum Gasteiger partial charge on any atom is 0.283 e. The van der Waals surface area contributed by atoms with Gasteiger partial charge in [0.1, 0.15) is 24.0 Å². The van der Waals surface area contributed by atoms with Crippen molar-refractivity contribution < 1.29 is 19.0 Å². The number of hydrogen-bond acceptors (Lipinski definition) is 7. The standard InChI is InChI=1S/C26H28N4O4S/c1-4-6-23-29-30-24(27)20(25(31)28-26(30)35-23)15-18-9-12-21(22(16-18)32-5-2)34-14-13-33-19-10-7-17(3)8-11-19/h7-12,15-16,27H,4-6,13-14H2,1-3H3/b20-15-,27-24?. The Bertz CT molecular complexity index is 1200. The second kappa shape index (κ2) is 11.2. The topological polar surface area (TPSA) is 96.6 Å². The van der Waals surface area contributed by atoms with Crippen LogP contribution in [0, 0.1) is 12.3 Å². The zero-order chi connectivity index (χ0) is 24.8. The number of nitrogens with zero attached hydrogens (tertiary/aromatic N) is 3. The predicted molar refractivity (Wildman–Crippen MR) is 140 cm³/mol. The zero-order valence-corrected chi connectivity index (χ0v) is 20.9. The summed E-state index contributed by atoms with van der Waals surface area (Å²) in [4.78, 5) is 16.8. The molecule has 1 N–H and O–H groups in total. The van der Waals surface area contributed by atoms with Gasteiger partial charge in [-0.25, -0.2) is 0 Å². The van der Waals surface area contributed by atoms with Crippen LogP contribution in [0.3, 0.4) is 0 Å². The van der Waals surface area contributed by atoms with E-state index in [0.29, 0.717) is 42.1 Å². The molecule has 0 saturated heterocycles. The average Bonchev–Trinajstić information content (AvgIpc) is 3.24. The molecule has 8 nitrogen and oxygen atoms in total. The van der Waals surface area contributed by atoms with Crippen molar-refractivity contribution in [3.05, 3.63) is 59.2 Å². The maximum absolute atomic E-state index is 12.6. The second-order valence-electron chi connectivity index (χ2n) is 7.91. The fourth-order valence-electron chi connectivity index (χ4n) is 3.46. The van der Waals surface area contributed by atoms with E-state index in [0.717, 1.165) is 23.6 Å². The number of nitrogens with one attached hydrogen (secondary N) is 1. The SMILES string of the molecule is CCCC1=NN2C(=N)/C(=C/c3ccc(OCCOc4ccc(C)cc4)c(OCC)c3)C(=O)N=C2S1. The van der Waals surface area contributed by atoms with Crippen molar-refractivity contribution in [1.29, 1.82) is 5.41 Å². The molecular formula is C26H28N4O4S. The minimum Gasteiger partial charge on any atom is -0.490 e. The Morgan fingerprint density at radius 2 is 1.80 bits per heavy atom. The average molecular weight is 493 g/mol. The molecular weight excluding hydrogens is 464 g/mol. The van der Waals surface area contributed by atoms with Gasteiger partial charge in [0.2, 0.25) is 5.17 Å². The highest BCUT2D eigenvalue weighted by Crippen LogP contribution is 2.32. The van der Waals surface area contributed by atoms with Crippen molar-refractivity contribution in [2.24, 2.45) is 10.1 Å². The van der Waals surface area contributed by atoms with Gasteiger partial charge in [0.15, 0.2) is 17.3 Å². The molecule has 2 aliphatic heterocycles. The molecule has 9 heteroatoms. The lowest BCUT2D eigenvalue weighted by molar-refractivity contribution is -0.114. The summed E-state index contributed by atoms with van der Waals surface area (Å²) >= 11 is 1.34. The number of rotatable bonds is 10. The molecule has 2 aliphatic rings. The Morgan fingerprint density at radius 3 is 2.54 bits per heavy atom.